The Morgan fingerprint density at radius 1 is 1.18 bits per heavy atom. The molecule has 0 saturated heterocycles. The SMILES string of the molecule is CCCCC(CC)NC/N=C(\N=C/C(C)NC)NC1=CCC=C(OC(C)CCN(C)CC)C=C1. The Morgan fingerprint density at radius 2 is 1.97 bits per heavy atom. The minimum Gasteiger partial charge on any atom is -0.491 e. The maximum Gasteiger partial charge on any atom is 0.223 e. The van der Waals surface area contributed by atoms with Crippen LogP contribution in [0.3, 0.4) is 0 Å². The molecule has 0 saturated carbocycles. The zero-order chi connectivity index (χ0) is 25.2. The summed E-state index contributed by atoms with van der Waals surface area (Å²) in [5.74, 6) is 1.52. The summed E-state index contributed by atoms with van der Waals surface area (Å²) < 4.78 is 6.16. The third-order valence-corrected chi connectivity index (χ3v) is 6.02. The fraction of sp³-hybridized carbons (Fsp3) is 0.704. The van der Waals surface area contributed by atoms with Crippen molar-refractivity contribution in [1.29, 1.82) is 0 Å². The number of hydrogen-bond donors (Lipinski definition) is 3. The quantitative estimate of drug-likeness (QED) is 0.225. The van der Waals surface area contributed by atoms with Crippen LogP contribution in [0.15, 0.2) is 45.7 Å². The second-order valence-electron chi connectivity index (χ2n) is 9.02. The van der Waals surface area contributed by atoms with Crippen molar-refractivity contribution in [3.8, 4) is 0 Å². The Morgan fingerprint density at radius 3 is 2.65 bits per heavy atom. The van der Waals surface area contributed by atoms with E-state index in [1.165, 1.54) is 19.3 Å². The predicted molar refractivity (Wildman–Crippen MR) is 147 cm³/mol. The molecule has 0 spiro atoms. The monoisotopic (exact) mass is 474 g/mol. The van der Waals surface area contributed by atoms with E-state index >= 15 is 0 Å². The van der Waals surface area contributed by atoms with E-state index in [4.69, 9.17) is 9.73 Å². The molecule has 3 unspecified atom stereocenters. The van der Waals surface area contributed by atoms with E-state index in [2.05, 4.69) is 79.7 Å². The first-order chi connectivity index (χ1) is 16.4. The van der Waals surface area contributed by atoms with Crippen LogP contribution in [0.4, 0.5) is 0 Å². The van der Waals surface area contributed by atoms with Crippen molar-refractivity contribution in [2.45, 2.75) is 91.3 Å². The normalized spacial score (nSPS) is 17.4. The van der Waals surface area contributed by atoms with Crippen molar-refractivity contribution in [2.75, 3.05) is 33.9 Å². The topological polar surface area (TPSA) is 73.3 Å². The van der Waals surface area contributed by atoms with E-state index in [9.17, 15) is 0 Å². The van der Waals surface area contributed by atoms with E-state index in [0.717, 1.165) is 43.8 Å². The number of nitrogens with zero attached hydrogens (tertiary/aromatic N) is 3. The minimum absolute atomic E-state index is 0.168. The summed E-state index contributed by atoms with van der Waals surface area (Å²) >= 11 is 0. The first-order valence-electron chi connectivity index (χ1n) is 13.1. The van der Waals surface area contributed by atoms with Gasteiger partial charge in [0.1, 0.15) is 5.76 Å². The Bertz CT molecular complexity index is 697. The Balaban J connectivity index is 2.73. The third-order valence-electron chi connectivity index (χ3n) is 6.02. The van der Waals surface area contributed by atoms with Crippen LogP contribution in [-0.2, 0) is 4.74 Å². The molecule has 0 aliphatic heterocycles. The molecule has 0 radical (unpaired) electrons. The highest BCUT2D eigenvalue weighted by Gasteiger charge is 2.09. The maximum atomic E-state index is 6.16. The number of guanidine groups is 1. The molecular formula is C27H50N6O. The van der Waals surface area contributed by atoms with E-state index in [1.54, 1.807) is 0 Å². The van der Waals surface area contributed by atoms with Crippen molar-refractivity contribution in [2.24, 2.45) is 9.98 Å². The van der Waals surface area contributed by atoms with Crippen LogP contribution >= 0.6 is 0 Å². The van der Waals surface area contributed by atoms with Gasteiger partial charge in [0, 0.05) is 30.5 Å². The van der Waals surface area contributed by atoms with E-state index < -0.39 is 0 Å². The molecule has 3 N–H and O–H groups in total. The first-order valence-corrected chi connectivity index (χ1v) is 13.1. The van der Waals surface area contributed by atoms with E-state index in [1.807, 2.05) is 25.4 Å². The molecule has 1 rings (SSSR count). The van der Waals surface area contributed by atoms with Gasteiger partial charge in [-0.3, -0.25) is 5.32 Å². The van der Waals surface area contributed by atoms with Gasteiger partial charge in [0.2, 0.25) is 5.96 Å². The standard InChI is InChI=1S/C27H50N6O/c1-8-11-13-24(9-2)30-21-31-27(29-20-22(4)28-6)32-25-14-12-15-26(17-16-25)34-23(5)18-19-33(7)10-3/h14-17,20,22-24,28,30H,8-13,18-19,21H2,1-7H3,(H,31,32)/b29-20-. The van der Waals surface area contributed by atoms with Gasteiger partial charge in [-0.25, -0.2) is 9.98 Å². The van der Waals surface area contributed by atoms with Gasteiger partial charge in [-0.15, -0.1) is 0 Å². The number of unbranched alkanes of at least 4 members (excludes halogenated alkanes) is 1. The molecule has 7 nitrogen and oxygen atoms in total. The second-order valence-corrected chi connectivity index (χ2v) is 9.02. The smallest absolute Gasteiger partial charge is 0.223 e. The third kappa shape index (κ3) is 13.7. The Kier molecular flexibility index (Phi) is 16.3. The van der Waals surface area contributed by atoms with Crippen molar-refractivity contribution in [3.63, 3.8) is 0 Å². The zero-order valence-electron chi connectivity index (χ0n) is 22.7. The Hall–Kier alpha value is -1.96. The molecule has 0 heterocycles. The van der Waals surface area contributed by atoms with Gasteiger partial charge in [-0.1, -0.05) is 39.7 Å². The average Bonchev–Trinajstić information content (AvgIpc) is 3.07. The van der Waals surface area contributed by atoms with Crippen LogP contribution in [0.5, 0.6) is 0 Å². The second kappa shape index (κ2) is 18.4. The Labute approximate surface area is 208 Å². The summed E-state index contributed by atoms with van der Waals surface area (Å²) in [5, 5.41) is 10.1. The number of rotatable bonds is 16. The first kappa shape index (κ1) is 30.1. The van der Waals surface area contributed by atoms with Crippen LogP contribution in [0, 0.1) is 0 Å². The molecular weight excluding hydrogens is 424 g/mol. The van der Waals surface area contributed by atoms with E-state index in [-0.39, 0.29) is 12.1 Å². The number of hydrogen-bond acceptors (Lipinski definition) is 5. The molecule has 0 amide bonds. The summed E-state index contributed by atoms with van der Waals surface area (Å²) in [6.07, 6.45) is 16.9. The number of allylic oxidation sites excluding steroid dienone is 4. The molecule has 0 bridgehead atoms. The summed E-state index contributed by atoms with van der Waals surface area (Å²) in [7, 11) is 4.06. The van der Waals surface area contributed by atoms with Gasteiger partial charge in [0.05, 0.1) is 12.8 Å². The van der Waals surface area contributed by atoms with E-state index in [0.29, 0.717) is 18.7 Å². The molecule has 0 fully saturated rings. The number of ether oxygens (including phenoxy) is 1. The van der Waals surface area contributed by atoms with Crippen molar-refractivity contribution in [1.82, 2.24) is 20.9 Å². The fourth-order valence-corrected chi connectivity index (χ4v) is 3.29. The van der Waals surface area contributed by atoms with Crippen molar-refractivity contribution < 1.29 is 4.74 Å². The van der Waals surface area contributed by atoms with Gasteiger partial charge in [-0.05, 0) is 78.4 Å². The van der Waals surface area contributed by atoms with Crippen LogP contribution in [-0.4, -0.2) is 69.1 Å². The summed E-state index contributed by atoms with van der Waals surface area (Å²) in [6, 6.07) is 0.659. The number of aliphatic imine (C=N–C) groups is 2. The largest absolute Gasteiger partial charge is 0.491 e. The molecule has 1 aliphatic rings. The molecule has 34 heavy (non-hydrogen) atoms. The molecule has 0 aromatic carbocycles. The maximum absolute atomic E-state index is 6.16. The lowest BCUT2D eigenvalue weighted by Crippen LogP contribution is -2.31. The lowest BCUT2D eigenvalue weighted by Gasteiger charge is -2.19. The molecule has 0 aromatic heterocycles. The van der Waals surface area contributed by atoms with Crippen LogP contribution in [0.2, 0.25) is 0 Å². The highest BCUT2D eigenvalue weighted by Crippen LogP contribution is 2.14. The van der Waals surface area contributed by atoms with Crippen LogP contribution in [0.1, 0.15) is 73.1 Å². The van der Waals surface area contributed by atoms with Gasteiger partial charge >= 0.3 is 0 Å². The highest BCUT2D eigenvalue weighted by atomic mass is 16.5. The average molecular weight is 475 g/mol. The fourth-order valence-electron chi connectivity index (χ4n) is 3.29. The summed E-state index contributed by atoms with van der Waals surface area (Å²) in [4.78, 5) is 11.6. The lowest BCUT2D eigenvalue weighted by atomic mass is 10.1. The minimum atomic E-state index is 0.168. The number of nitrogens with one attached hydrogen (secondary N) is 3. The molecule has 1 aliphatic carbocycles. The van der Waals surface area contributed by atoms with Gasteiger partial charge in [0.15, 0.2) is 0 Å². The highest BCUT2D eigenvalue weighted by molar-refractivity contribution is 5.90. The zero-order valence-corrected chi connectivity index (χ0v) is 22.7. The molecule has 7 heteroatoms. The predicted octanol–water partition coefficient (Wildman–Crippen LogP) is 4.60. The van der Waals surface area contributed by atoms with Crippen LogP contribution < -0.4 is 16.0 Å². The summed E-state index contributed by atoms with van der Waals surface area (Å²) in [5.41, 5.74) is 0.972. The summed E-state index contributed by atoms with van der Waals surface area (Å²) in [6.45, 7) is 13.5. The molecule has 194 valence electrons. The van der Waals surface area contributed by atoms with Crippen molar-refractivity contribution in [3.05, 3.63) is 35.8 Å². The lowest BCUT2D eigenvalue weighted by molar-refractivity contribution is 0.121. The molecule has 0 aromatic rings. The van der Waals surface area contributed by atoms with Gasteiger partial charge in [0.25, 0.3) is 0 Å². The van der Waals surface area contributed by atoms with Gasteiger partial charge in [-0.2, -0.15) is 0 Å². The molecule has 3 atom stereocenters. The van der Waals surface area contributed by atoms with Crippen molar-refractivity contribution >= 4 is 12.2 Å². The van der Waals surface area contributed by atoms with Gasteiger partial charge < -0.3 is 20.3 Å². The van der Waals surface area contributed by atoms with Crippen LogP contribution in [0.25, 0.3) is 0 Å².